The highest BCUT2D eigenvalue weighted by Gasteiger charge is 2.13. The second-order valence-corrected chi connectivity index (χ2v) is 4.43. The molecule has 0 saturated heterocycles. The number of nitrogens with one attached hydrogen (secondary N) is 1. The summed E-state index contributed by atoms with van der Waals surface area (Å²) in [7, 11) is 1.65. The van der Waals surface area contributed by atoms with Crippen LogP contribution in [-0.2, 0) is 0 Å². The van der Waals surface area contributed by atoms with E-state index in [9.17, 15) is 0 Å². The summed E-state index contributed by atoms with van der Waals surface area (Å²) in [4.78, 5) is 0. The summed E-state index contributed by atoms with van der Waals surface area (Å²) in [5, 5.41) is 0. The lowest BCUT2D eigenvalue weighted by Crippen LogP contribution is -2.28. The van der Waals surface area contributed by atoms with Gasteiger partial charge in [-0.25, -0.2) is 0 Å². The average molecular weight is 297 g/mol. The van der Waals surface area contributed by atoms with Gasteiger partial charge in [0.25, 0.3) is 0 Å². The van der Waals surface area contributed by atoms with Crippen LogP contribution in [0.5, 0.6) is 5.75 Å². The van der Waals surface area contributed by atoms with Crippen LogP contribution in [0, 0.1) is 11.8 Å². The normalized spacial score (nSPS) is 11.5. The van der Waals surface area contributed by atoms with Crippen molar-refractivity contribution in [3.8, 4) is 17.6 Å². The lowest BCUT2D eigenvalue weighted by molar-refractivity contribution is 0.412. The molecule has 0 radical (unpaired) electrons. The molecule has 0 spiro atoms. The van der Waals surface area contributed by atoms with Gasteiger partial charge in [0.05, 0.1) is 7.11 Å². The first-order valence-electron chi connectivity index (χ1n) is 5.42. The molecule has 0 amide bonds. The molecule has 17 heavy (non-hydrogen) atoms. The molecule has 0 saturated carbocycles. The summed E-state index contributed by atoms with van der Waals surface area (Å²) < 4.78 is 6.23. The molecule has 1 rings (SSSR count). The Labute approximate surface area is 111 Å². The summed E-state index contributed by atoms with van der Waals surface area (Å²) >= 11 is 3.52. The molecule has 0 aliphatic heterocycles. The van der Waals surface area contributed by atoms with E-state index in [2.05, 4.69) is 33.2 Å². The van der Waals surface area contributed by atoms with Gasteiger partial charge in [-0.1, -0.05) is 15.9 Å². The predicted molar refractivity (Wildman–Crippen MR) is 73.4 cm³/mol. The van der Waals surface area contributed by atoms with Crippen molar-refractivity contribution >= 4 is 15.9 Å². The van der Waals surface area contributed by atoms with Crippen LogP contribution in [0.4, 0.5) is 0 Å². The number of halogens is 1. The largest absolute Gasteiger partial charge is 0.497 e. The Balaban J connectivity index is 2.88. The molecule has 0 heterocycles. The molecular formula is C13H17BrN2O. The van der Waals surface area contributed by atoms with E-state index < -0.39 is 0 Å². The van der Waals surface area contributed by atoms with Crippen LogP contribution in [0.15, 0.2) is 22.7 Å². The molecule has 1 atom stereocenters. The minimum Gasteiger partial charge on any atom is -0.497 e. The highest BCUT2D eigenvalue weighted by molar-refractivity contribution is 9.10. The number of hydrogen-bond acceptors (Lipinski definition) is 3. The third-order valence-electron chi connectivity index (χ3n) is 2.51. The second-order valence-electron chi connectivity index (χ2n) is 3.57. The van der Waals surface area contributed by atoms with Crippen LogP contribution in [0.2, 0.25) is 0 Å². The van der Waals surface area contributed by atoms with Crippen molar-refractivity contribution < 1.29 is 4.74 Å². The molecule has 1 unspecified atom stereocenters. The van der Waals surface area contributed by atoms with E-state index in [0.29, 0.717) is 0 Å². The van der Waals surface area contributed by atoms with E-state index in [0.717, 1.165) is 28.6 Å². The molecule has 0 fully saturated rings. The Hall–Kier alpha value is -1.02. The SMILES string of the molecule is CC#CCCC(NN)c1cc(OC)ccc1Br. The van der Waals surface area contributed by atoms with E-state index in [1.807, 2.05) is 25.1 Å². The summed E-state index contributed by atoms with van der Waals surface area (Å²) in [5.74, 6) is 12.3. The summed E-state index contributed by atoms with van der Waals surface area (Å²) in [6.07, 6.45) is 1.68. The third kappa shape index (κ3) is 4.04. The van der Waals surface area contributed by atoms with Crippen molar-refractivity contribution in [1.82, 2.24) is 5.43 Å². The van der Waals surface area contributed by atoms with Gasteiger partial charge in [0, 0.05) is 16.9 Å². The molecule has 3 N–H and O–H groups in total. The quantitative estimate of drug-likeness (QED) is 0.499. The van der Waals surface area contributed by atoms with Crippen molar-refractivity contribution in [1.29, 1.82) is 0 Å². The van der Waals surface area contributed by atoms with E-state index in [1.54, 1.807) is 7.11 Å². The maximum Gasteiger partial charge on any atom is 0.119 e. The number of nitrogens with two attached hydrogens (primary N) is 1. The lowest BCUT2D eigenvalue weighted by atomic mass is 10.0. The topological polar surface area (TPSA) is 47.3 Å². The lowest BCUT2D eigenvalue weighted by Gasteiger charge is -2.17. The average Bonchev–Trinajstić information content (AvgIpc) is 2.36. The molecule has 0 aromatic heterocycles. The minimum atomic E-state index is 0.0697. The Bertz CT molecular complexity index is 423. The molecule has 0 aliphatic carbocycles. The van der Waals surface area contributed by atoms with Gasteiger partial charge in [-0.15, -0.1) is 11.8 Å². The van der Waals surface area contributed by atoms with Crippen molar-refractivity contribution in [3.05, 3.63) is 28.2 Å². The number of rotatable bonds is 5. The number of hydrazine groups is 1. The third-order valence-corrected chi connectivity index (χ3v) is 3.24. The summed E-state index contributed by atoms with van der Waals surface area (Å²) in [6.45, 7) is 1.84. The molecule has 0 aliphatic rings. The van der Waals surface area contributed by atoms with Gasteiger partial charge in [-0.05, 0) is 37.1 Å². The number of methoxy groups -OCH3 is 1. The van der Waals surface area contributed by atoms with Gasteiger partial charge in [0.2, 0.25) is 0 Å². The number of ether oxygens (including phenoxy) is 1. The number of benzene rings is 1. The Morgan fingerprint density at radius 3 is 2.88 bits per heavy atom. The van der Waals surface area contributed by atoms with E-state index in [1.165, 1.54) is 0 Å². The zero-order chi connectivity index (χ0) is 12.7. The van der Waals surface area contributed by atoms with E-state index >= 15 is 0 Å². The molecule has 1 aromatic carbocycles. The van der Waals surface area contributed by atoms with Crippen molar-refractivity contribution in [2.75, 3.05) is 7.11 Å². The number of hydrogen-bond donors (Lipinski definition) is 2. The van der Waals surface area contributed by atoms with Crippen LogP contribution in [-0.4, -0.2) is 7.11 Å². The molecular weight excluding hydrogens is 280 g/mol. The Kier molecular flexibility index (Phi) is 6.06. The Morgan fingerprint density at radius 1 is 1.53 bits per heavy atom. The smallest absolute Gasteiger partial charge is 0.119 e. The van der Waals surface area contributed by atoms with Gasteiger partial charge in [0.1, 0.15) is 5.75 Å². The van der Waals surface area contributed by atoms with Crippen LogP contribution in [0.3, 0.4) is 0 Å². The maximum absolute atomic E-state index is 5.59. The first-order chi connectivity index (χ1) is 8.22. The van der Waals surface area contributed by atoms with Gasteiger partial charge in [-0.2, -0.15) is 0 Å². The van der Waals surface area contributed by atoms with Crippen LogP contribution in [0.25, 0.3) is 0 Å². The zero-order valence-electron chi connectivity index (χ0n) is 10.1. The van der Waals surface area contributed by atoms with E-state index in [4.69, 9.17) is 10.6 Å². The highest BCUT2D eigenvalue weighted by Crippen LogP contribution is 2.29. The molecule has 4 heteroatoms. The summed E-state index contributed by atoms with van der Waals surface area (Å²) in [5.41, 5.74) is 3.90. The molecule has 1 aromatic rings. The maximum atomic E-state index is 5.59. The zero-order valence-corrected chi connectivity index (χ0v) is 11.7. The first-order valence-corrected chi connectivity index (χ1v) is 6.21. The van der Waals surface area contributed by atoms with Crippen LogP contribution >= 0.6 is 15.9 Å². The fourth-order valence-corrected chi connectivity index (χ4v) is 2.11. The highest BCUT2D eigenvalue weighted by atomic mass is 79.9. The Morgan fingerprint density at radius 2 is 2.29 bits per heavy atom. The standard InChI is InChI=1S/C13H17BrN2O/c1-3-4-5-6-13(16-15)11-9-10(17-2)7-8-12(11)14/h7-9,13,16H,5-6,15H2,1-2H3. The molecule has 3 nitrogen and oxygen atoms in total. The fraction of sp³-hybridized carbons (Fsp3) is 0.385. The van der Waals surface area contributed by atoms with Crippen LogP contribution in [0.1, 0.15) is 31.4 Å². The van der Waals surface area contributed by atoms with Gasteiger partial charge >= 0.3 is 0 Å². The van der Waals surface area contributed by atoms with Crippen molar-refractivity contribution in [2.24, 2.45) is 5.84 Å². The van der Waals surface area contributed by atoms with Gasteiger partial charge in [0.15, 0.2) is 0 Å². The fourth-order valence-electron chi connectivity index (χ4n) is 1.59. The van der Waals surface area contributed by atoms with Gasteiger partial charge in [-0.3, -0.25) is 11.3 Å². The van der Waals surface area contributed by atoms with Crippen molar-refractivity contribution in [3.63, 3.8) is 0 Å². The molecule has 0 bridgehead atoms. The van der Waals surface area contributed by atoms with Crippen LogP contribution < -0.4 is 16.0 Å². The second kappa shape index (κ2) is 7.33. The predicted octanol–water partition coefficient (Wildman–Crippen LogP) is 2.77. The monoisotopic (exact) mass is 296 g/mol. The van der Waals surface area contributed by atoms with Crippen molar-refractivity contribution in [2.45, 2.75) is 25.8 Å². The van der Waals surface area contributed by atoms with E-state index in [-0.39, 0.29) is 6.04 Å². The molecule has 92 valence electrons. The first kappa shape index (κ1) is 14.0. The van der Waals surface area contributed by atoms with Gasteiger partial charge < -0.3 is 4.74 Å². The minimum absolute atomic E-state index is 0.0697. The summed E-state index contributed by atoms with van der Waals surface area (Å²) in [6, 6.07) is 5.92.